The first-order valence-electron chi connectivity index (χ1n) is 2.67. The molecule has 0 aromatic rings. The van der Waals surface area contributed by atoms with E-state index in [1.165, 1.54) is 6.08 Å². The fourth-order valence-electron chi connectivity index (χ4n) is 0.597. The minimum Gasteiger partial charge on any atom is -0.211 e. The summed E-state index contributed by atoms with van der Waals surface area (Å²) in [5.41, 5.74) is 0. The molecule has 0 spiro atoms. The lowest BCUT2D eigenvalue weighted by Crippen LogP contribution is -1.66. The highest BCUT2D eigenvalue weighted by atomic mass is 35.5. The smallest absolute Gasteiger partial charge is 0.105 e. The van der Waals surface area contributed by atoms with Gasteiger partial charge >= 0.3 is 0 Å². The minimum atomic E-state index is -0.190. The van der Waals surface area contributed by atoms with Crippen LogP contribution in [0.15, 0.2) is 35.2 Å². The number of rotatable bonds is 0. The Morgan fingerprint density at radius 3 is 3.11 bits per heavy atom. The molecule has 0 heterocycles. The van der Waals surface area contributed by atoms with Gasteiger partial charge in [0.05, 0.1) is 0 Å². The van der Waals surface area contributed by atoms with Crippen LogP contribution in [0.2, 0.25) is 0 Å². The molecule has 9 heavy (non-hydrogen) atoms. The maximum absolute atomic E-state index is 12.4. The van der Waals surface area contributed by atoms with Crippen molar-refractivity contribution in [2.45, 2.75) is 6.42 Å². The molecule has 0 bridgehead atoms. The molecule has 0 aliphatic heterocycles. The van der Waals surface area contributed by atoms with Crippen molar-refractivity contribution in [1.82, 2.24) is 0 Å². The van der Waals surface area contributed by atoms with E-state index in [0.717, 1.165) is 0 Å². The number of hydrogen-bond donors (Lipinski definition) is 0. The van der Waals surface area contributed by atoms with Crippen LogP contribution < -0.4 is 0 Å². The van der Waals surface area contributed by atoms with Crippen LogP contribution in [0.3, 0.4) is 0 Å². The van der Waals surface area contributed by atoms with E-state index in [-0.39, 0.29) is 5.83 Å². The molecule has 0 radical (unpaired) electrons. The van der Waals surface area contributed by atoms with E-state index in [0.29, 0.717) is 11.5 Å². The molecule has 0 nitrogen and oxygen atoms in total. The normalized spacial score (nSPS) is 18.4. The molecule has 0 amide bonds. The largest absolute Gasteiger partial charge is 0.211 e. The van der Waals surface area contributed by atoms with Gasteiger partial charge in [-0.3, -0.25) is 0 Å². The van der Waals surface area contributed by atoms with Gasteiger partial charge < -0.3 is 0 Å². The van der Waals surface area contributed by atoms with Crippen molar-refractivity contribution in [3.63, 3.8) is 0 Å². The molecule has 0 saturated carbocycles. The lowest BCUT2D eigenvalue weighted by Gasteiger charge is -1.85. The molecule has 2 heteroatoms. The van der Waals surface area contributed by atoms with E-state index in [9.17, 15) is 4.39 Å². The van der Waals surface area contributed by atoms with Crippen molar-refractivity contribution < 1.29 is 4.39 Å². The third kappa shape index (κ3) is 2.02. The average molecular weight is 145 g/mol. The molecule has 1 aliphatic rings. The van der Waals surface area contributed by atoms with E-state index in [1.54, 1.807) is 18.2 Å². The second-order valence-electron chi connectivity index (χ2n) is 1.78. The van der Waals surface area contributed by atoms with Gasteiger partial charge in [0.1, 0.15) is 5.83 Å². The Kier molecular flexibility index (Phi) is 2.06. The summed E-state index contributed by atoms with van der Waals surface area (Å²) in [5.74, 6) is -0.190. The second kappa shape index (κ2) is 2.83. The number of allylic oxidation sites excluding steroid dienone is 6. The molecule has 0 atom stereocenters. The lowest BCUT2D eigenvalue weighted by atomic mass is 10.3. The number of hydrogen-bond acceptors (Lipinski definition) is 0. The van der Waals surface area contributed by atoms with Gasteiger partial charge in [-0.05, 0) is 12.2 Å². The molecule has 0 fully saturated rings. The van der Waals surface area contributed by atoms with Gasteiger partial charge in [0.2, 0.25) is 0 Å². The van der Waals surface area contributed by atoms with Crippen LogP contribution in [-0.4, -0.2) is 0 Å². The van der Waals surface area contributed by atoms with E-state index in [2.05, 4.69) is 0 Å². The van der Waals surface area contributed by atoms with Crippen molar-refractivity contribution in [3.05, 3.63) is 35.2 Å². The van der Waals surface area contributed by atoms with Crippen LogP contribution in [-0.2, 0) is 0 Å². The zero-order chi connectivity index (χ0) is 6.69. The Bertz CT molecular complexity index is 189. The molecule has 0 aromatic heterocycles. The van der Waals surface area contributed by atoms with Crippen molar-refractivity contribution >= 4 is 11.6 Å². The van der Waals surface area contributed by atoms with Gasteiger partial charge in [0.25, 0.3) is 0 Å². The summed E-state index contributed by atoms with van der Waals surface area (Å²) in [5, 5.41) is 0.446. The van der Waals surface area contributed by atoms with Crippen molar-refractivity contribution in [2.24, 2.45) is 0 Å². The summed E-state index contributed by atoms with van der Waals surface area (Å²) in [6, 6.07) is 0. The lowest BCUT2D eigenvalue weighted by molar-refractivity contribution is 0.618. The van der Waals surface area contributed by atoms with Crippen LogP contribution in [0.5, 0.6) is 0 Å². The maximum atomic E-state index is 12.4. The third-order valence-electron chi connectivity index (χ3n) is 0.999. The highest BCUT2D eigenvalue weighted by Gasteiger charge is 1.95. The van der Waals surface area contributed by atoms with Gasteiger partial charge in [0.15, 0.2) is 0 Å². The van der Waals surface area contributed by atoms with Crippen molar-refractivity contribution in [2.75, 3.05) is 0 Å². The van der Waals surface area contributed by atoms with Gasteiger partial charge in [-0.25, -0.2) is 4.39 Å². The first-order chi connectivity index (χ1) is 4.29. The standard InChI is InChI=1S/C7H6ClF/c8-6-3-1-2-4-7(9)5-6/h1-3,5H,4H2. The Morgan fingerprint density at radius 1 is 1.56 bits per heavy atom. The first-order valence-corrected chi connectivity index (χ1v) is 3.05. The molecule has 0 aromatic carbocycles. The highest BCUT2D eigenvalue weighted by molar-refractivity contribution is 6.31. The van der Waals surface area contributed by atoms with Gasteiger partial charge in [-0.2, -0.15) is 0 Å². The van der Waals surface area contributed by atoms with E-state index >= 15 is 0 Å². The molecule has 1 aliphatic carbocycles. The Morgan fingerprint density at radius 2 is 2.33 bits per heavy atom. The van der Waals surface area contributed by atoms with Crippen molar-refractivity contribution in [3.8, 4) is 0 Å². The predicted octanol–water partition coefficient (Wildman–Crippen LogP) is 2.92. The molecule has 0 N–H and O–H groups in total. The third-order valence-corrected chi connectivity index (χ3v) is 1.23. The zero-order valence-corrected chi connectivity index (χ0v) is 5.53. The monoisotopic (exact) mass is 144 g/mol. The van der Waals surface area contributed by atoms with Gasteiger partial charge in [-0.15, -0.1) is 0 Å². The maximum Gasteiger partial charge on any atom is 0.105 e. The Balaban J connectivity index is 2.82. The van der Waals surface area contributed by atoms with Crippen LogP contribution in [0.4, 0.5) is 4.39 Å². The summed E-state index contributed by atoms with van der Waals surface area (Å²) in [7, 11) is 0. The summed E-state index contributed by atoms with van der Waals surface area (Å²) < 4.78 is 12.4. The van der Waals surface area contributed by atoms with E-state index in [1.807, 2.05) is 0 Å². The molecule has 0 saturated heterocycles. The zero-order valence-electron chi connectivity index (χ0n) is 4.77. The topological polar surface area (TPSA) is 0 Å². The fraction of sp³-hybridized carbons (Fsp3) is 0.143. The van der Waals surface area contributed by atoms with Gasteiger partial charge in [-0.1, -0.05) is 23.8 Å². The highest BCUT2D eigenvalue weighted by Crippen LogP contribution is 2.15. The number of halogens is 2. The SMILES string of the molecule is FC1=CC(Cl)=CC=CC1. The summed E-state index contributed by atoms with van der Waals surface area (Å²) in [6.45, 7) is 0. The van der Waals surface area contributed by atoms with Crippen LogP contribution >= 0.6 is 11.6 Å². The van der Waals surface area contributed by atoms with Crippen LogP contribution in [0, 0.1) is 0 Å². The van der Waals surface area contributed by atoms with Gasteiger partial charge in [0, 0.05) is 11.5 Å². The molecular weight excluding hydrogens is 139 g/mol. The van der Waals surface area contributed by atoms with E-state index in [4.69, 9.17) is 11.6 Å². The summed E-state index contributed by atoms with van der Waals surface area (Å²) >= 11 is 5.51. The molecule has 0 unspecified atom stereocenters. The predicted molar refractivity (Wildman–Crippen MR) is 36.9 cm³/mol. The second-order valence-corrected chi connectivity index (χ2v) is 2.21. The first kappa shape index (κ1) is 6.56. The van der Waals surface area contributed by atoms with Crippen molar-refractivity contribution in [1.29, 1.82) is 0 Å². The molecule has 48 valence electrons. The molecular formula is C7H6ClF. The molecule has 1 rings (SSSR count). The summed E-state index contributed by atoms with van der Waals surface area (Å²) in [4.78, 5) is 0. The Labute approximate surface area is 58.3 Å². The van der Waals surface area contributed by atoms with E-state index < -0.39 is 0 Å². The quantitative estimate of drug-likeness (QED) is 0.491. The minimum absolute atomic E-state index is 0.190. The fourth-order valence-corrected chi connectivity index (χ4v) is 0.788. The summed E-state index contributed by atoms with van der Waals surface area (Å²) in [6.07, 6.45) is 6.80. The Hall–Kier alpha value is -0.560. The average Bonchev–Trinajstić information content (AvgIpc) is 1.93. The van der Waals surface area contributed by atoms with Crippen LogP contribution in [0.25, 0.3) is 0 Å². The van der Waals surface area contributed by atoms with Crippen LogP contribution in [0.1, 0.15) is 6.42 Å².